The highest BCUT2D eigenvalue weighted by Gasteiger charge is 2.30. The fourth-order valence-electron chi connectivity index (χ4n) is 2.45. The second-order valence-electron chi connectivity index (χ2n) is 5.20. The molecule has 1 saturated carbocycles. The lowest BCUT2D eigenvalue weighted by molar-refractivity contribution is -0.388. The van der Waals surface area contributed by atoms with Gasteiger partial charge in [-0.05, 0) is 12.8 Å². The summed E-state index contributed by atoms with van der Waals surface area (Å²) < 4.78 is 31.8. The normalized spacial score (nSPS) is 17.8. The molecular formula is C13H16F2N2O3. The molecule has 1 aliphatic rings. The van der Waals surface area contributed by atoms with Crippen molar-refractivity contribution in [2.75, 3.05) is 6.61 Å². The number of ether oxygens (including phenoxy) is 1. The van der Waals surface area contributed by atoms with E-state index in [0.717, 1.165) is 38.2 Å². The SMILES string of the molecule is NC1(COc2cc(F)cc(F)c2[N+](=O)[O-])CCCCC1. The molecular weight excluding hydrogens is 270 g/mol. The Morgan fingerprint density at radius 1 is 1.30 bits per heavy atom. The Bertz CT molecular complexity index is 517. The molecule has 0 heterocycles. The highest BCUT2D eigenvalue weighted by atomic mass is 19.1. The van der Waals surface area contributed by atoms with E-state index >= 15 is 0 Å². The first-order chi connectivity index (χ1) is 9.41. The minimum absolute atomic E-state index is 0.0106. The molecule has 1 aromatic carbocycles. The van der Waals surface area contributed by atoms with Gasteiger partial charge in [0.15, 0.2) is 0 Å². The molecule has 1 aromatic rings. The molecule has 1 fully saturated rings. The zero-order valence-corrected chi connectivity index (χ0v) is 10.9. The summed E-state index contributed by atoms with van der Waals surface area (Å²) in [6, 6.07) is 1.28. The lowest BCUT2D eigenvalue weighted by atomic mass is 9.83. The summed E-state index contributed by atoms with van der Waals surface area (Å²) in [4.78, 5) is 9.89. The fourth-order valence-corrected chi connectivity index (χ4v) is 2.45. The van der Waals surface area contributed by atoms with Crippen molar-refractivity contribution in [1.29, 1.82) is 0 Å². The lowest BCUT2D eigenvalue weighted by Gasteiger charge is -2.32. The number of nitro benzene ring substituents is 1. The Labute approximate surface area is 114 Å². The molecule has 110 valence electrons. The smallest absolute Gasteiger partial charge is 0.346 e. The summed E-state index contributed by atoms with van der Waals surface area (Å²) in [7, 11) is 0. The van der Waals surface area contributed by atoms with Gasteiger partial charge in [-0.1, -0.05) is 19.3 Å². The van der Waals surface area contributed by atoms with E-state index in [9.17, 15) is 18.9 Å². The molecule has 0 amide bonds. The lowest BCUT2D eigenvalue weighted by Crippen LogP contribution is -2.47. The molecule has 0 atom stereocenters. The summed E-state index contributed by atoms with van der Waals surface area (Å²) in [6.07, 6.45) is 4.48. The molecule has 1 aliphatic carbocycles. The maximum absolute atomic E-state index is 13.4. The number of benzene rings is 1. The highest BCUT2D eigenvalue weighted by molar-refractivity contribution is 5.47. The van der Waals surface area contributed by atoms with Crippen molar-refractivity contribution >= 4 is 5.69 Å². The van der Waals surface area contributed by atoms with E-state index in [1.165, 1.54) is 0 Å². The largest absolute Gasteiger partial charge is 0.485 e. The zero-order chi connectivity index (χ0) is 14.8. The Morgan fingerprint density at radius 3 is 2.55 bits per heavy atom. The monoisotopic (exact) mass is 286 g/mol. The molecule has 0 spiro atoms. The van der Waals surface area contributed by atoms with Crippen molar-refractivity contribution < 1.29 is 18.4 Å². The van der Waals surface area contributed by atoms with Crippen LogP contribution < -0.4 is 10.5 Å². The van der Waals surface area contributed by atoms with Crippen LogP contribution in [0.25, 0.3) is 0 Å². The van der Waals surface area contributed by atoms with Gasteiger partial charge in [0.25, 0.3) is 0 Å². The van der Waals surface area contributed by atoms with Gasteiger partial charge < -0.3 is 10.5 Å². The van der Waals surface area contributed by atoms with E-state index in [4.69, 9.17) is 10.5 Å². The summed E-state index contributed by atoms with van der Waals surface area (Å²) in [6.45, 7) is 0.0106. The number of hydrogen-bond acceptors (Lipinski definition) is 4. The Balaban J connectivity index is 2.18. The number of rotatable bonds is 4. The second kappa shape index (κ2) is 5.70. The molecule has 0 aliphatic heterocycles. The van der Waals surface area contributed by atoms with E-state index in [1.807, 2.05) is 0 Å². The van der Waals surface area contributed by atoms with Crippen LogP contribution in [0.15, 0.2) is 12.1 Å². The second-order valence-corrected chi connectivity index (χ2v) is 5.20. The van der Waals surface area contributed by atoms with E-state index in [2.05, 4.69) is 0 Å². The molecule has 5 nitrogen and oxygen atoms in total. The molecule has 2 N–H and O–H groups in total. The predicted octanol–water partition coefficient (Wildman–Crippen LogP) is 2.91. The first-order valence-electron chi connectivity index (χ1n) is 6.46. The molecule has 0 bridgehead atoms. The molecule has 7 heteroatoms. The Kier molecular flexibility index (Phi) is 4.17. The van der Waals surface area contributed by atoms with Crippen LogP contribution in [0.2, 0.25) is 0 Å². The van der Waals surface area contributed by atoms with Gasteiger partial charge in [-0.15, -0.1) is 0 Å². The van der Waals surface area contributed by atoms with Gasteiger partial charge in [-0.25, -0.2) is 4.39 Å². The number of nitrogens with zero attached hydrogens (tertiary/aromatic N) is 1. The van der Waals surface area contributed by atoms with Crippen molar-refractivity contribution in [1.82, 2.24) is 0 Å². The minimum atomic E-state index is -1.25. The van der Waals surface area contributed by atoms with Crippen LogP contribution in [0.4, 0.5) is 14.5 Å². The Morgan fingerprint density at radius 2 is 1.95 bits per heavy atom. The third-order valence-electron chi connectivity index (χ3n) is 3.54. The molecule has 0 unspecified atom stereocenters. The first-order valence-corrected chi connectivity index (χ1v) is 6.46. The van der Waals surface area contributed by atoms with Crippen LogP contribution in [0.1, 0.15) is 32.1 Å². The van der Waals surface area contributed by atoms with Gasteiger partial charge in [0.2, 0.25) is 11.6 Å². The maximum atomic E-state index is 13.4. The van der Waals surface area contributed by atoms with Crippen LogP contribution >= 0.6 is 0 Å². The molecule has 20 heavy (non-hydrogen) atoms. The number of hydrogen-bond donors (Lipinski definition) is 1. The van der Waals surface area contributed by atoms with E-state index in [1.54, 1.807) is 0 Å². The van der Waals surface area contributed by atoms with Gasteiger partial charge in [0, 0.05) is 12.1 Å². The van der Waals surface area contributed by atoms with Crippen LogP contribution in [0.5, 0.6) is 5.75 Å². The van der Waals surface area contributed by atoms with Gasteiger partial charge in [-0.2, -0.15) is 4.39 Å². The van der Waals surface area contributed by atoms with Gasteiger partial charge in [0.1, 0.15) is 12.4 Å². The molecule has 2 rings (SSSR count). The van der Waals surface area contributed by atoms with Crippen LogP contribution in [-0.4, -0.2) is 17.1 Å². The van der Waals surface area contributed by atoms with E-state index in [0.29, 0.717) is 6.07 Å². The van der Waals surface area contributed by atoms with Gasteiger partial charge in [-0.3, -0.25) is 10.1 Å². The third-order valence-corrected chi connectivity index (χ3v) is 3.54. The van der Waals surface area contributed by atoms with Crippen molar-refractivity contribution in [3.8, 4) is 5.75 Å². The van der Waals surface area contributed by atoms with Crippen molar-refractivity contribution in [2.24, 2.45) is 5.73 Å². The maximum Gasteiger partial charge on any atom is 0.346 e. The average molecular weight is 286 g/mol. The first kappa shape index (κ1) is 14.6. The Hall–Kier alpha value is -1.76. The summed E-state index contributed by atoms with van der Waals surface area (Å²) in [5, 5.41) is 10.8. The fraction of sp³-hybridized carbons (Fsp3) is 0.538. The standard InChI is InChI=1S/C13H16F2N2O3/c14-9-6-10(15)12(17(18)19)11(7-9)20-8-13(16)4-2-1-3-5-13/h6-7H,1-5,8,16H2. The van der Waals surface area contributed by atoms with Gasteiger partial charge >= 0.3 is 5.69 Å². The van der Waals surface area contributed by atoms with Crippen LogP contribution in [-0.2, 0) is 0 Å². The summed E-state index contributed by atoms with van der Waals surface area (Å²) in [5.41, 5.74) is 4.68. The number of halogens is 2. The van der Waals surface area contributed by atoms with Crippen molar-refractivity contribution in [3.63, 3.8) is 0 Å². The highest BCUT2D eigenvalue weighted by Crippen LogP contribution is 2.33. The van der Waals surface area contributed by atoms with Crippen LogP contribution in [0.3, 0.4) is 0 Å². The van der Waals surface area contributed by atoms with Crippen molar-refractivity contribution in [2.45, 2.75) is 37.6 Å². The summed E-state index contributed by atoms with van der Waals surface area (Å²) in [5.74, 6) is -2.58. The van der Waals surface area contributed by atoms with Crippen molar-refractivity contribution in [3.05, 3.63) is 33.9 Å². The topological polar surface area (TPSA) is 78.4 Å². The zero-order valence-electron chi connectivity index (χ0n) is 10.9. The van der Waals surface area contributed by atoms with Gasteiger partial charge in [0.05, 0.1) is 10.5 Å². The summed E-state index contributed by atoms with van der Waals surface area (Å²) >= 11 is 0. The van der Waals surface area contributed by atoms with E-state index in [-0.39, 0.29) is 6.61 Å². The molecule has 0 saturated heterocycles. The van der Waals surface area contributed by atoms with Crippen LogP contribution in [0, 0.1) is 21.7 Å². The molecule has 0 aromatic heterocycles. The number of nitro groups is 1. The third kappa shape index (κ3) is 3.22. The van der Waals surface area contributed by atoms with E-state index < -0.39 is 33.5 Å². The number of nitrogens with two attached hydrogens (primary N) is 1. The molecule has 0 radical (unpaired) electrons. The average Bonchev–Trinajstić information content (AvgIpc) is 2.36. The quantitative estimate of drug-likeness (QED) is 0.682. The minimum Gasteiger partial charge on any atom is -0.485 e. The predicted molar refractivity (Wildman–Crippen MR) is 68.5 cm³/mol.